The first-order valence-corrected chi connectivity index (χ1v) is 14.0. The van der Waals surface area contributed by atoms with Gasteiger partial charge in [0, 0.05) is 11.8 Å². The molecule has 2 bridgehead atoms. The Kier molecular flexibility index (Phi) is 6.85. The number of rotatable bonds is 8. The van der Waals surface area contributed by atoms with Crippen molar-refractivity contribution in [3.8, 4) is 5.75 Å². The molecule has 1 aliphatic heterocycles. The number of ether oxygens (including phenoxy) is 2. The minimum Gasteiger partial charge on any atom is -0.495 e. The summed E-state index contributed by atoms with van der Waals surface area (Å²) in [5.74, 6) is -3.26. The van der Waals surface area contributed by atoms with Crippen LogP contribution in [0, 0.1) is 17.8 Å². The van der Waals surface area contributed by atoms with Gasteiger partial charge >= 0.3 is 5.97 Å². The lowest BCUT2D eigenvalue weighted by molar-refractivity contribution is -0.160. The largest absolute Gasteiger partial charge is 0.495 e. The van der Waals surface area contributed by atoms with Crippen molar-refractivity contribution in [1.82, 2.24) is 4.90 Å². The predicted molar refractivity (Wildman–Crippen MR) is 151 cm³/mol. The molecule has 4 aliphatic rings. The smallest absolute Gasteiger partial charge is 0.329 e. The molecule has 3 aromatic rings. The molecule has 1 saturated heterocycles. The molecule has 0 unspecified atom stereocenters. The minimum atomic E-state index is -1.12. The van der Waals surface area contributed by atoms with Gasteiger partial charge in [0.2, 0.25) is 11.8 Å². The van der Waals surface area contributed by atoms with Crippen LogP contribution in [0.15, 0.2) is 72.8 Å². The van der Waals surface area contributed by atoms with Crippen molar-refractivity contribution in [2.75, 3.05) is 19.0 Å². The van der Waals surface area contributed by atoms with Crippen LogP contribution >= 0.6 is 0 Å². The van der Waals surface area contributed by atoms with E-state index in [0.717, 1.165) is 27.2 Å². The van der Waals surface area contributed by atoms with Gasteiger partial charge in [0.15, 0.2) is 6.61 Å². The molecule has 8 heteroatoms. The van der Waals surface area contributed by atoms with E-state index < -0.39 is 36.4 Å². The molecule has 0 radical (unpaired) electrons. The van der Waals surface area contributed by atoms with Crippen molar-refractivity contribution in [1.29, 1.82) is 0 Å². The fraction of sp³-hybridized carbons (Fsp3) is 0.333. The molecule has 3 atom stereocenters. The standard InChI is InChI=1S/C33H32N2O6/c1-18(2)16-24(33(39)41-17-26(36)34-23-14-8-9-15-25(23)40-3)35-31(37)29-27-19-10-4-5-11-20(19)28(30(29)32(35)38)22-13-7-6-12-21(22)27/h4-15,18,24,27-30H,16-17H2,1-3H3,(H,34,36)/t24-,27?,28?,29-,30+/m0/s1. The van der Waals surface area contributed by atoms with Crippen LogP contribution in [0.25, 0.3) is 0 Å². The van der Waals surface area contributed by atoms with Crippen LogP contribution in [0.5, 0.6) is 5.75 Å². The second-order valence-corrected chi connectivity index (χ2v) is 11.3. The van der Waals surface area contributed by atoms with E-state index in [1.807, 2.05) is 62.4 Å². The first-order chi connectivity index (χ1) is 19.8. The van der Waals surface area contributed by atoms with Gasteiger partial charge in [-0.25, -0.2) is 4.79 Å². The predicted octanol–water partition coefficient (Wildman–Crippen LogP) is 4.48. The van der Waals surface area contributed by atoms with Crippen LogP contribution in [0.1, 0.15) is 54.4 Å². The maximum absolute atomic E-state index is 14.1. The monoisotopic (exact) mass is 552 g/mol. The van der Waals surface area contributed by atoms with Gasteiger partial charge < -0.3 is 14.8 Å². The van der Waals surface area contributed by atoms with Gasteiger partial charge in [0.1, 0.15) is 11.8 Å². The summed E-state index contributed by atoms with van der Waals surface area (Å²) >= 11 is 0. The second kappa shape index (κ2) is 10.5. The molecule has 3 aromatic carbocycles. The Morgan fingerprint density at radius 3 is 1.78 bits per heavy atom. The van der Waals surface area contributed by atoms with E-state index in [9.17, 15) is 19.2 Å². The summed E-state index contributed by atoms with van der Waals surface area (Å²) in [4.78, 5) is 55.6. The molecule has 41 heavy (non-hydrogen) atoms. The molecule has 1 fully saturated rings. The number of likely N-dealkylation sites (tertiary alicyclic amines) is 1. The van der Waals surface area contributed by atoms with Gasteiger partial charge in [-0.3, -0.25) is 19.3 Å². The highest BCUT2D eigenvalue weighted by molar-refractivity contribution is 6.10. The first-order valence-electron chi connectivity index (χ1n) is 14.0. The number of carbonyl (C=O) groups is 4. The molecule has 7 rings (SSSR count). The summed E-state index contributed by atoms with van der Waals surface area (Å²) in [6, 6.07) is 21.8. The molecular formula is C33H32N2O6. The number of nitrogens with zero attached hydrogens (tertiary/aromatic N) is 1. The quantitative estimate of drug-likeness (QED) is 0.327. The van der Waals surface area contributed by atoms with Crippen LogP contribution < -0.4 is 10.1 Å². The number of benzene rings is 3. The van der Waals surface area contributed by atoms with Crippen molar-refractivity contribution in [3.05, 3.63) is 95.1 Å². The van der Waals surface area contributed by atoms with Crippen LogP contribution in [0.4, 0.5) is 5.69 Å². The molecule has 0 aromatic heterocycles. The van der Waals surface area contributed by atoms with Crippen LogP contribution in [0.3, 0.4) is 0 Å². The van der Waals surface area contributed by atoms with Crippen LogP contribution in [-0.4, -0.2) is 48.3 Å². The minimum absolute atomic E-state index is 0.00991. The Bertz CT molecular complexity index is 1430. The van der Waals surface area contributed by atoms with Gasteiger partial charge in [-0.2, -0.15) is 0 Å². The van der Waals surface area contributed by atoms with Crippen molar-refractivity contribution >= 4 is 29.4 Å². The Labute approximate surface area is 238 Å². The number of hydrogen-bond acceptors (Lipinski definition) is 6. The van der Waals surface area contributed by atoms with Gasteiger partial charge in [-0.15, -0.1) is 0 Å². The zero-order valence-electron chi connectivity index (χ0n) is 23.2. The van der Waals surface area contributed by atoms with Gasteiger partial charge in [0.25, 0.3) is 5.91 Å². The molecule has 3 amide bonds. The molecule has 0 spiro atoms. The third-order valence-electron chi connectivity index (χ3n) is 8.49. The van der Waals surface area contributed by atoms with E-state index in [1.54, 1.807) is 24.3 Å². The van der Waals surface area contributed by atoms with E-state index in [1.165, 1.54) is 7.11 Å². The van der Waals surface area contributed by atoms with Crippen LogP contribution in [-0.2, 0) is 23.9 Å². The van der Waals surface area contributed by atoms with Crippen molar-refractivity contribution in [2.24, 2.45) is 17.8 Å². The molecule has 8 nitrogen and oxygen atoms in total. The van der Waals surface area contributed by atoms with Gasteiger partial charge in [0.05, 0.1) is 24.6 Å². The Morgan fingerprint density at radius 2 is 1.29 bits per heavy atom. The summed E-state index contributed by atoms with van der Waals surface area (Å²) in [6.07, 6.45) is 0.235. The molecular weight excluding hydrogens is 520 g/mol. The molecule has 1 heterocycles. The molecule has 1 N–H and O–H groups in total. The van der Waals surface area contributed by atoms with Gasteiger partial charge in [-0.1, -0.05) is 74.5 Å². The maximum Gasteiger partial charge on any atom is 0.329 e. The fourth-order valence-corrected chi connectivity index (χ4v) is 6.93. The average Bonchev–Trinajstić information content (AvgIpc) is 3.24. The summed E-state index contributed by atoms with van der Waals surface area (Å²) in [5, 5.41) is 2.68. The SMILES string of the molecule is COc1ccccc1NC(=O)COC(=O)[C@H](CC(C)C)N1C(=O)[C@@H]2C3c4ccccc4C(c4ccccc43)[C@@H]2C1=O. The number of carbonyl (C=O) groups excluding carboxylic acids is 4. The second-order valence-electron chi connectivity index (χ2n) is 11.3. The first kappa shape index (κ1) is 26.7. The number of anilines is 1. The van der Waals surface area contributed by atoms with Crippen LogP contribution in [0.2, 0.25) is 0 Å². The number of hydrogen-bond donors (Lipinski definition) is 1. The lowest BCUT2D eigenvalue weighted by Crippen LogP contribution is -2.47. The van der Waals surface area contributed by atoms with E-state index in [4.69, 9.17) is 9.47 Å². The Hall–Kier alpha value is -4.46. The highest BCUT2D eigenvalue weighted by Gasteiger charge is 2.63. The average molecular weight is 553 g/mol. The van der Waals surface area contributed by atoms with Crippen molar-refractivity contribution < 1.29 is 28.7 Å². The van der Waals surface area contributed by atoms with Crippen molar-refractivity contribution in [3.63, 3.8) is 0 Å². The number of imide groups is 1. The summed E-state index contributed by atoms with van der Waals surface area (Å²) in [7, 11) is 1.49. The molecule has 3 aliphatic carbocycles. The highest BCUT2D eigenvalue weighted by atomic mass is 16.5. The normalized spacial score (nSPS) is 22.6. The van der Waals surface area contributed by atoms with Gasteiger partial charge in [-0.05, 0) is 46.7 Å². The number of amides is 3. The fourth-order valence-electron chi connectivity index (χ4n) is 6.93. The lowest BCUT2D eigenvalue weighted by atomic mass is 9.55. The summed E-state index contributed by atoms with van der Waals surface area (Å²) in [5.41, 5.74) is 4.71. The molecule has 0 saturated carbocycles. The zero-order valence-corrected chi connectivity index (χ0v) is 23.2. The number of esters is 1. The molecule has 210 valence electrons. The lowest BCUT2D eigenvalue weighted by Gasteiger charge is -2.45. The summed E-state index contributed by atoms with van der Waals surface area (Å²) in [6.45, 7) is 3.28. The van der Waals surface area contributed by atoms with E-state index in [2.05, 4.69) is 5.32 Å². The van der Waals surface area contributed by atoms with E-state index >= 15 is 0 Å². The van der Waals surface area contributed by atoms with E-state index in [0.29, 0.717) is 11.4 Å². The number of nitrogens with one attached hydrogen (secondary N) is 1. The highest BCUT2D eigenvalue weighted by Crippen LogP contribution is 2.61. The Balaban J connectivity index is 1.27. The van der Waals surface area contributed by atoms with Crippen molar-refractivity contribution in [2.45, 2.75) is 38.1 Å². The third kappa shape index (κ3) is 4.38. The summed E-state index contributed by atoms with van der Waals surface area (Å²) < 4.78 is 10.7. The zero-order chi connectivity index (χ0) is 28.8. The topological polar surface area (TPSA) is 102 Å². The number of para-hydroxylation sites is 2. The number of methoxy groups -OCH3 is 1. The third-order valence-corrected chi connectivity index (χ3v) is 8.49. The Morgan fingerprint density at radius 1 is 0.805 bits per heavy atom. The van der Waals surface area contributed by atoms with E-state index in [-0.39, 0.29) is 36.0 Å². The maximum atomic E-state index is 14.1.